The first-order valence-corrected chi connectivity index (χ1v) is 3.84. The smallest absolute Gasteiger partial charge is 0.0637 e. The van der Waals surface area contributed by atoms with Gasteiger partial charge in [-0.15, -0.1) is 0 Å². The van der Waals surface area contributed by atoms with Gasteiger partial charge >= 0.3 is 0 Å². The van der Waals surface area contributed by atoms with E-state index in [2.05, 4.69) is 35.3 Å². The minimum atomic E-state index is 1.03. The lowest BCUT2D eigenvalue weighted by Crippen LogP contribution is -2.15. The number of hydrogen-bond donors (Lipinski definition) is 1. The van der Waals surface area contributed by atoms with Crippen LogP contribution in [0.1, 0.15) is 11.4 Å². The third-order valence-corrected chi connectivity index (χ3v) is 1.57. The zero-order chi connectivity index (χ0) is 8.27. The van der Waals surface area contributed by atoms with E-state index in [0.717, 1.165) is 24.4 Å². The number of hydrogen-bond acceptors (Lipinski definition) is 2. The maximum absolute atomic E-state index is 4.14. The number of nitrogens with one attached hydrogen (secondary N) is 1. The van der Waals surface area contributed by atoms with E-state index in [0.29, 0.717) is 0 Å². The van der Waals surface area contributed by atoms with Crippen LogP contribution in [0.3, 0.4) is 0 Å². The molecule has 0 amide bonds. The molecule has 62 valence electrons. The molecule has 0 spiro atoms. The molecule has 0 aromatic carbocycles. The van der Waals surface area contributed by atoms with Crippen molar-refractivity contribution in [2.24, 2.45) is 0 Å². The van der Waals surface area contributed by atoms with Gasteiger partial charge in [-0.25, -0.2) is 0 Å². The van der Waals surface area contributed by atoms with Crippen LogP contribution >= 0.6 is 0 Å². The second-order valence-corrected chi connectivity index (χ2v) is 3.10. The normalized spacial score (nSPS) is 10.9. The Hall–Kier alpha value is -0.830. The van der Waals surface area contributed by atoms with Gasteiger partial charge in [0.1, 0.15) is 0 Å². The minimum Gasteiger partial charge on any atom is -0.309 e. The van der Waals surface area contributed by atoms with Crippen molar-refractivity contribution >= 4 is 0 Å². The monoisotopic (exact) mass is 153 g/mol. The van der Waals surface area contributed by atoms with Gasteiger partial charge in [0, 0.05) is 18.7 Å². The maximum Gasteiger partial charge on any atom is 0.0637 e. The van der Waals surface area contributed by atoms with Crippen molar-refractivity contribution in [1.29, 1.82) is 0 Å². The summed E-state index contributed by atoms with van der Waals surface area (Å²) < 4.78 is 0. The Morgan fingerprint density at radius 2 is 2.27 bits per heavy atom. The highest BCUT2D eigenvalue weighted by atomic mass is 15.1. The molecule has 1 aromatic rings. The summed E-state index contributed by atoms with van der Waals surface area (Å²) >= 11 is 0. The molecule has 0 atom stereocenters. The van der Waals surface area contributed by atoms with Gasteiger partial charge in [0.2, 0.25) is 0 Å². The molecular formula is C8H15N3. The summed E-state index contributed by atoms with van der Waals surface area (Å²) in [7, 11) is 4.14. The summed E-state index contributed by atoms with van der Waals surface area (Å²) in [4.78, 5) is 2.16. The summed E-state index contributed by atoms with van der Waals surface area (Å²) in [5.41, 5.74) is 2.29. The number of aryl methyl sites for hydroxylation is 1. The third-order valence-electron chi connectivity index (χ3n) is 1.57. The fraction of sp³-hybridized carbons (Fsp3) is 0.625. The molecule has 0 aliphatic heterocycles. The fourth-order valence-electron chi connectivity index (χ4n) is 0.941. The second kappa shape index (κ2) is 3.53. The molecule has 3 heteroatoms. The van der Waals surface area contributed by atoms with Gasteiger partial charge in [0.05, 0.1) is 5.69 Å². The predicted molar refractivity (Wildman–Crippen MR) is 45.6 cm³/mol. The lowest BCUT2D eigenvalue weighted by molar-refractivity contribution is 0.411. The Morgan fingerprint density at radius 1 is 1.55 bits per heavy atom. The molecule has 1 heterocycles. The Labute approximate surface area is 67.4 Å². The zero-order valence-corrected chi connectivity index (χ0v) is 7.39. The number of likely N-dealkylation sites (N-methyl/N-ethyl adjacent to an activating group) is 1. The molecule has 1 N–H and O–H groups in total. The van der Waals surface area contributed by atoms with Gasteiger partial charge in [-0.1, -0.05) is 0 Å². The zero-order valence-electron chi connectivity index (χ0n) is 7.39. The van der Waals surface area contributed by atoms with Crippen molar-refractivity contribution in [3.05, 3.63) is 17.5 Å². The first-order valence-electron chi connectivity index (χ1n) is 3.84. The van der Waals surface area contributed by atoms with E-state index in [1.165, 1.54) is 0 Å². The van der Waals surface area contributed by atoms with Crippen LogP contribution in [0.15, 0.2) is 6.07 Å². The summed E-state index contributed by atoms with van der Waals surface area (Å²) in [6.07, 6.45) is 1.03. The van der Waals surface area contributed by atoms with Gasteiger partial charge < -0.3 is 4.90 Å². The summed E-state index contributed by atoms with van der Waals surface area (Å²) in [5.74, 6) is 0. The van der Waals surface area contributed by atoms with Gasteiger partial charge in [0.15, 0.2) is 0 Å². The number of aromatic nitrogens is 2. The molecule has 0 fully saturated rings. The number of H-pyrrole nitrogens is 1. The van der Waals surface area contributed by atoms with Crippen LogP contribution < -0.4 is 0 Å². The second-order valence-electron chi connectivity index (χ2n) is 3.10. The number of nitrogens with zero attached hydrogens (tertiary/aromatic N) is 2. The molecule has 0 saturated carbocycles. The Balaban J connectivity index is 2.39. The van der Waals surface area contributed by atoms with Crippen molar-refractivity contribution in [3.63, 3.8) is 0 Å². The maximum atomic E-state index is 4.14. The standard InChI is InChI=1S/C8H15N3/c1-7-6-8(10-9-7)4-5-11(2)3/h6H,4-5H2,1-3H3,(H,9,10). The average molecular weight is 153 g/mol. The lowest BCUT2D eigenvalue weighted by Gasteiger charge is -2.06. The van der Waals surface area contributed by atoms with Crippen LogP contribution in [0.4, 0.5) is 0 Å². The summed E-state index contributed by atoms with van der Waals surface area (Å²) in [6.45, 7) is 3.08. The van der Waals surface area contributed by atoms with E-state index >= 15 is 0 Å². The molecule has 3 nitrogen and oxygen atoms in total. The number of rotatable bonds is 3. The highest BCUT2D eigenvalue weighted by molar-refractivity contribution is 5.06. The molecular weight excluding hydrogens is 138 g/mol. The van der Waals surface area contributed by atoms with E-state index in [4.69, 9.17) is 0 Å². The summed E-state index contributed by atoms with van der Waals surface area (Å²) in [6, 6.07) is 2.09. The molecule has 1 rings (SSSR count). The van der Waals surface area contributed by atoms with Gasteiger partial charge in [-0.3, -0.25) is 5.10 Å². The minimum absolute atomic E-state index is 1.03. The molecule has 0 radical (unpaired) electrons. The van der Waals surface area contributed by atoms with E-state index in [1.54, 1.807) is 0 Å². The highest BCUT2D eigenvalue weighted by Crippen LogP contribution is 1.98. The lowest BCUT2D eigenvalue weighted by atomic mass is 10.3. The predicted octanol–water partition coefficient (Wildman–Crippen LogP) is 0.822. The molecule has 0 unspecified atom stereocenters. The molecule has 0 aliphatic carbocycles. The topological polar surface area (TPSA) is 31.9 Å². The quantitative estimate of drug-likeness (QED) is 0.697. The Morgan fingerprint density at radius 3 is 2.73 bits per heavy atom. The highest BCUT2D eigenvalue weighted by Gasteiger charge is 1.97. The summed E-state index contributed by atoms with van der Waals surface area (Å²) in [5, 5.41) is 7.06. The van der Waals surface area contributed by atoms with Crippen LogP contribution in [0.2, 0.25) is 0 Å². The first-order chi connectivity index (χ1) is 5.18. The molecule has 1 aromatic heterocycles. The van der Waals surface area contributed by atoms with Crippen molar-refractivity contribution < 1.29 is 0 Å². The molecule has 0 bridgehead atoms. The van der Waals surface area contributed by atoms with Gasteiger partial charge in [0.25, 0.3) is 0 Å². The molecule has 0 aliphatic rings. The first kappa shape index (κ1) is 8.27. The Bertz CT molecular complexity index is 215. The molecule has 11 heavy (non-hydrogen) atoms. The van der Waals surface area contributed by atoms with Crippen LogP contribution in [-0.4, -0.2) is 35.7 Å². The number of aromatic amines is 1. The van der Waals surface area contributed by atoms with E-state index in [9.17, 15) is 0 Å². The van der Waals surface area contributed by atoms with E-state index < -0.39 is 0 Å². The van der Waals surface area contributed by atoms with Crippen LogP contribution in [0.25, 0.3) is 0 Å². The fourth-order valence-corrected chi connectivity index (χ4v) is 0.941. The molecule has 0 saturated heterocycles. The van der Waals surface area contributed by atoms with E-state index in [1.807, 2.05) is 6.92 Å². The van der Waals surface area contributed by atoms with Crippen molar-refractivity contribution in [2.75, 3.05) is 20.6 Å². The van der Waals surface area contributed by atoms with Crippen molar-refractivity contribution in [1.82, 2.24) is 15.1 Å². The average Bonchev–Trinajstić information content (AvgIpc) is 2.31. The van der Waals surface area contributed by atoms with Crippen LogP contribution in [0.5, 0.6) is 0 Å². The van der Waals surface area contributed by atoms with Crippen LogP contribution in [-0.2, 0) is 6.42 Å². The third kappa shape index (κ3) is 2.72. The van der Waals surface area contributed by atoms with Crippen LogP contribution in [0, 0.1) is 6.92 Å². The largest absolute Gasteiger partial charge is 0.309 e. The van der Waals surface area contributed by atoms with Crippen molar-refractivity contribution in [3.8, 4) is 0 Å². The van der Waals surface area contributed by atoms with Gasteiger partial charge in [-0.2, -0.15) is 5.10 Å². The SMILES string of the molecule is Cc1cc(CCN(C)C)n[nH]1. The van der Waals surface area contributed by atoms with Crippen molar-refractivity contribution in [2.45, 2.75) is 13.3 Å². The Kier molecular flexibility index (Phi) is 2.65. The van der Waals surface area contributed by atoms with E-state index in [-0.39, 0.29) is 0 Å². The van der Waals surface area contributed by atoms with Gasteiger partial charge in [-0.05, 0) is 27.1 Å².